The standard InChI is InChI=1S/C28H24F10N2O3/c1-15(29)42-23-11-17(7-8-21(23)31)26(13-16-5-3-2-4-6-16,40-24(41)22(39)14-27(34,35)36)18-9-19(30)12-20(10-18)43-28(37,38)25(32)33/h2-12,15,22,25H,13-14,39H2,1H3,(H,40,41)/t15?,22?,26-/m1/s1. The van der Waals surface area contributed by atoms with E-state index in [1.54, 1.807) is 6.07 Å². The van der Waals surface area contributed by atoms with Gasteiger partial charge in [0.25, 0.3) is 0 Å². The molecule has 3 aromatic carbocycles. The SMILES string of the molecule is CC(F)Oc1cc([C@@](Cc2ccccc2)(NC(=O)C(N)CC(F)(F)F)c2cc(F)cc(OC(F)(F)C(F)F)c2)ccc1F. The van der Waals surface area contributed by atoms with E-state index in [-0.39, 0.29) is 5.56 Å². The van der Waals surface area contributed by atoms with Crippen molar-refractivity contribution in [3.05, 3.63) is 95.1 Å². The molecule has 234 valence electrons. The second kappa shape index (κ2) is 13.1. The molecule has 3 atom stereocenters. The highest BCUT2D eigenvalue weighted by Gasteiger charge is 2.45. The molecule has 15 heteroatoms. The first-order valence-corrected chi connectivity index (χ1v) is 12.4. The molecule has 0 bridgehead atoms. The van der Waals surface area contributed by atoms with Crippen LogP contribution >= 0.6 is 0 Å². The molecule has 1 amide bonds. The molecule has 3 aromatic rings. The van der Waals surface area contributed by atoms with Gasteiger partial charge in [0.15, 0.2) is 11.6 Å². The topological polar surface area (TPSA) is 73.6 Å². The van der Waals surface area contributed by atoms with E-state index in [0.29, 0.717) is 23.8 Å². The minimum atomic E-state index is -5.10. The van der Waals surface area contributed by atoms with Crippen molar-refractivity contribution in [3.63, 3.8) is 0 Å². The highest BCUT2D eigenvalue weighted by atomic mass is 19.4. The lowest BCUT2D eigenvalue weighted by atomic mass is 9.77. The molecule has 0 aliphatic heterocycles. The number of nitrogens with two attached hydrogens (primary N) is 1. The highest BCUT2D eigenvalue weighted by Crippen LogP contribution is 2.39. The molecule has 3 N–H and O–H groups in total. The lowest BCUT2D eigenvalue weighted by molar-refractivity contribution is -0.253. The van der Waals surface area contributed by atoms with Crippen LogP contribution in [0.1, 0.15) is 30.0 Å². The van der Waals surface area contributed by atoms with E-state index in [9.17, 15) is 48.7 Å². The van der Waals surface area contributed by atoms with E-state index in [2.05, 4.69) is 10.1 Å². The maximum atomic E-state index is 14.9. The van der Waals surface area contributed by atoms with Crippen molar-refractivity contribution in [1.29, 1.82) is 0 Å². The number of benzene rings is 3. The number of alkyl halides is 8. The molecular weight excluding hydrogens is 602 g/mol. The zero-order valence-corrected chi connectivity index (χ0v) is 22.1. The number of halogens is 10. The minimum Gasteiger partial charge on any atom is -0.458 e. The number of hydrogen-bond donors (Lipinski definition) is 2. The fraction of sp³-hybridized carbons (Fsp3) is 0.321. The monoisotopic (exact) mass is 626 g/mol. The molecule has 0 aliphatic carbocycles. The van der Waals surface area contributed by atoms with E-state index >= 15 is 0 Å². The molecule has 0 aliphatic rings. The van der Waals surface area contributed by atoms with Gasteiger partial charge >= 0.3 is 18.7 Å². The molecule has 0 radical (unpaired) electrons. The van der Waals surface area contributed by atoms with Gasteiger partial charge in [-0.1, -0.05) is 36.4 Å². The molecule has 0 saturated heterocycles. The van der Waals surface area contributed by atoms with Crippen LogP contribution in [0.5, 0.6) is 11.5 Å². The molecule has 0 spiro atoms. The van der Waals surface area contributed by atoms with Crippen molar-refractivity contribution in [2.24, 2.45) is 5.73 Å². The van der Waals surface area contributed by atoms with E-state index in [0.717, 1.165) is 25.1 Å². The number of nitrogens with one attached hydrogen (secondary N) is 1. The maximum absolute atomic E-state index is 14.9. The van der Waals surface area contributed by atoms with E-state index < -0.39 is 84.1 Å². The molecule has 0 heterocycles. The van der Waals surface area contributed by atoms with E-state index in [1.807, 2.05) is 0 Å². The zero-order chi connectivity index (χ0) is 32.2. The lowest BCUT2D eigenvalue weighted by Crippen LogP contribution is -2.54. The summed E-state index contributed by atoms with van der Waals surface area (Å²) < 4.78 is 145. The summed E-state index contributed by atoms with van der Waals surface area (Å²) in [5.41, 5.74) is 2.75. The average Bonchev–Trinajstić information content (AvgIpc) is 2.88. The quantitative estimate of drug-likeness (QED) is 0.218. The predicted molar refractivity (Wildman–Crippen MR) is 133 cm³/mol. The molecule has 43 heavy (non-hydrogen) atoms. The third-order valence-corrected chi connectivity index (χ3v) is 6.02. The summed E-state index contributed by atoms with van der Waals surface area (Å²) in [6, 6.07) is 9.53. The van der Waals surface area contributed by atoms with Crippen LogP contribution in [0.15, 0.2) is 66.7 Å². The Morgan fingerprint density at radius 3 is 2.14 bits per heavy atom. The first-order chi connectivity index (χ1) is 19.9. The van der Waals surface area contributed by atoms with Crippen LogP contribution in [0.3, 0.4) is 0 Å². The number of carbonyl (C=O) groups is 1. The maximum Gasteiger partial charge on any atom is 0.461 e. The average molecular weight is 626 g/mol. The Morgan fingerprint density at radius 1 is 0.907 bits per heavy atom. The van der Waals surface area contributed by atoms with Gasteiger partial charge in [0, 0.05) is 19.4 Å². The minimum absolute atomic E-state index is 0.266. The van der Waals surface area contributed by atoms with Crippen LogP contribution in [0.2, 0.25) is 0 Å². The van der Waals surface area contributed by atoms with E-state index in [1.165, 1.54) is 24.3 Å². The summed E-state index contributed by atoms with van der Waals surface area (Å²) in [6.45, 7) is 0.903. The van der Waals surface area contributed by atoms with E-state index in [4.69, 9.17) is 10.5 Å². The Bertz CT molecular complexity index is 1400. The van der Waals surface area contributed by atoms with Gasteiger partial charge in [0.05, 0.1) is 18.0 Å². The normalized spacial score (nSPS) is 15.0. The highest BCUT2D eigenvalue weighted by molar-refractivity contribution is 5.83. The van der Waals surface area contributed by atoms with Crippen LogP contribution in [-0.4, -0.2) is 37.0 Å². The second-order valence-electron chi connectivity index (χ2n) is 9.43. The van der Waals surface area contributed by atoms with Gasteiger partial charge in [0.2, 0.25) is 12.3 Å². The fourth-order valence-electron chi connectivity index (χ4n) is 4.21. The van der Waals surface area contributed by atoms with Gasteiger partial charge in [-0.05, 0) is 41.0 Å². The molecule has 0 aromatic heterocycles. The summed E-state index contributed by atoms with van der Waals surface area (Å²) in [4.78, 5) is 13.1. The van der Waals surface area contributed by atoms with Crippen LogP contribution < -0.4 is 20.5 Å². The zero-order valence-electron chi connectivity index (χ0n) is 22.1. The van der Waals surface area contributed by atoms with Crippen molar-refractivity contribution in [2.45, 2.75) is 56.4 Å². The van der Waals surface area contributed by atoms with Gasteiger partial charge < -0.3 is 20.5 Å². The van der Waals surface area contributed by atoms with Gasteiger partial charge in [-0.3, -0.25) is 4.79 Å². The number of amides is 1. The van der Waals surface area contributed by atoms with Crippen molar-refractivity contribution in [1.82, 2.24) is 5.32 Å². The van der Waals surface area contributed by atoms with Crippen molar-refractivity contribution < 1.29 is 58.2 Å². The molecule has 2 unspecified atom stereocenters. The Hall–Kier alpha value is -4.01. The van der Waals surface area contributed by atoms with Gasteiger partial charge in [-0.15, -0.1) is 0 Å². The third kappa shape index (κ3) is 8.75. The molecule has 0 saturated carbocycles. The Labute approximate surface area is 238 Å². The van der Waals surface area contributed by atoms with Crippen LogP contribution in [0.4, 0.5) is 43.9 Å². The van der Waals surface area contributed by atoms with Gasteiger partial charge in [-0.25, -0.2) is 13.2 Å². The number of ether oxygens (including phenoxy) is 2. The smallest absolute Gasteiger partial charge is 0.458 e. The molecule has 5 nitrogen and oxygen atoms in total. The largest absolute Gasteiger partial charge is 0.461 e. The summed E-state index contributed by atoms with van der Waals surface area (Å²) >= 11 is 0. The Kier molecular flexibility index (Phi) is 10.2. The summed E-state index contributed by atoms with van der Waals surface area (Å²) in [7, 11) is 0. The van der Waals surface area contributed by atoms with Crippen molar-refractivity contribution >= 4 is 5.91 Å². The lowest BCUT2D eigenvalue weighted by Gasteiger charge is -2.38. The van der Waals surface area contributed by atoms with Crippen molar-refractivity contribution in [2.75, 3.05) is 0 Å². The number of carbonyl (C=O) groups excluding carboxylic acids is 1. The number of hydrogen-bond acceptors (Lipinski definition) is 4. The summed E-state index contributed by atoms with van der Waals surface area (Å²) in [5.74, 6) is -5.82. The number of rotatable bonds is 12. The third-order valence-electron chi connectivity index (χ3n) is 6.02. The molecule has 0 fully saturated rings. The first-order valence-electron chi connectivity index (χ1n) is 12.4. The second-order valence-corrected chi connectivity index (χ2v) is 9.43. The Morgan fingerprint density at radius 2 is 1.56 bits per heavy atom. The Balaban J connectivity index is 2.34. The molecule has 3 rings (SSSR count). The predicted octanol–water partition coefficient (Wildman–Crippen LogP) is 6.78. The van der Waals surface area contributed by atoms with Gasteiger partial charge in [-0.2, -0.15) is 30.7 Å². The van der Waals surface area contributed by atoms with Crippen LogP contribution in [0.25, 0.3) is 0 Å². The van der Waals surface area contributed by atoms with Crippen LogP contribution in [-0.2, 0) is 16.8 Å². The van der Waals surface area contributed by atoms with Crippen molar-refractivity contribution in [3.8, 4) is 11.5 Å². The summed E-state index contributed by atoms with van der Waals surface area (Å²) in [6.07, 6.45) is -18.7. The fourth-order valence-corrected chi connectivity index (χ4v) is 4.21. The molecular formula is C28H24F10N2O3. The van der Waals surface area contributed by atoms with Gasteiger partial charge in [0.1, 0.15) is 11.6 Å². The summed E-state index contributed by atoms with van der Waals surface area (Å²) in [5, 5.41) is 2.28. The first kappa shape index (κ1) is 33.5. The van der Waals surface area contributed by atoms with Crippen LogP contribution in [0, 0.1) is 11.6 Å².